The molecule has 3 atom stereocenters. The van der Waals surface area contributed by atoms with Gasteiger partial charge in [-0.3, -0.25) is 18.6 Å². The zero-order valence-electron chi connectivity index (χ0n) is 22.0. The van der Waals surface area contributed by atoms with Crippen molar-refractivity contribution >= 4 is 104 Å². The monoisotopic (exact) mass is 767 g/mol. The summed E-state index contributed by atoms with van der Waals surface area (Å²) in [6, 6.07) is 8.49. The zero-order valence-corrected chi connectivity index (χ0v) is 27.4. The fourth-order valence-electron chi connectivity index (χ4n) is 4.55. The lowest BCUT2D eigenvalue weighted by molar-refractivity contribution is -0.117. The van der Waals surface area contributed by atoms with E-state index < -0.39 is 85.7 Å². The van der Waals surface area contributed by atoms with Crippen LogP contribution in [0.1, 0.15) is 33.0 Å². The van der Waals surface area contributed by atoms with Gasteiger partial charge in [0.05, 0.1) is 31.8 Å². The van der Waals surface area contributed by atoms with E-state index in [1.54, 1.807) is 0 Å². The third-order valence-corrected chi connectivity index (χ3v) is 10.3. The van der Waals surface area contributed by atoms with Crippen molar-refractivity contribution in [2.75, 3.05) is 11.1 Å². The van der Waals surface area contributed by atoms with Crippen molar-refractivity contribution in [2.45, 2.75) is 28.6 Å². The Labute approximate surface area is 284 Å². The van der Waals surface area contributed by atoms with Crippen LogP contribution in [0.15, 0.2) is 42.5 Å². The molecule has 240 valence electrons. The van der Waals surface area contributed by atoms with Crippen LogP contribution in [0.3, 0.4) is 0 Å². The highest BCUT2D eigenvalue weighted by Gasteiger charge is 2.67. The van der Waals surface area contributed by atoms with Gasteiger partial charge in [-0.05, 0) is 47.5 Å². The van der Waals surface area contributed by atoms with Gasteiger partial charge >= 0.3 is 5.51 Å². The highest BCUT2D eigenvalue weighted by atomic mass is 35.5. The van der Waals surface area contributed by atoms with E-state index in [1.165, 1.54) is 30.3 Å². The molecule has 1 unspecified atom stereocenters. The Morgan fingerprint density at radius 3 is 2.11 bits per heavy atom. The maximum absolute atomic E-state index is 15.1. The Bertz CT molecular complexity index is 1730. The lowest BCUT2D eigenvalue weighted by atomic mass is 9.98. The van der Waals surface area contributed by atoms with Crippen LogP contribution in [0.2, 0.25) is 20.1 Å². The van der Waals surface area contributed by atoms with Gasteiger partial charge in [-0.2, -0.15) is 13.2 Å². The van der Waals surface area contributed by atoms with E-state index in [-0.39, 0.29) is 36.9 Å². The molecule has 0 bridgehead atoms. The van der Waals surface area contributed by atoms with Gasteiger partial charge in [0, 0.05) is 35.6 Å². The van der Waals surface area contributed by atoms with Crippen LogP contribution in [0.25, 0.3) is 0 Å². The standard InChI is InChI=1S/C28H16Cl6F5NO4S/c29-17-3-2-13(40-26(43)23-22(27(23,33)34)12-5-18(30)24(32)19(31)6-12)8-15(17)21(42)7-11-1-4-20(35)16(25(11)36)9-14(41)10-45(44)28(37,38)39/h1-6,8,22-23H,7,9-10H2,(H,40,43)/t22-,23+,45?/m0/s1. The number of rotatable bonds is 10. The lowest BCUT2D eigenvalue weighted by Crippen LogP contribution is -2.25. The van der Waals surface area contributed by atoms with Crippen LogP contribution in [-0.2, 0) is 33.2 Å². The number of ketones is 2. The topological polar surface area (TPSA) is 80.3 Å². The molecule has 1 fully saturated rings. The molecule has 1 aliphatic rings. The molecule has 1 amide bonds. The number of hydrogen-bond acceptors (Lipinski definition) is 4. The molecular formula is C28H16Cl6F5NO4S. The lowest BCUT2D eigenvalue weighted by Gasteiger charge is -2.12. The number of alkyl halides is 5. The summed E-state index contributed by atoms with van der Waals surface area (Å²) >= 11 is 37.1. The van der Waals surface area contributed by atoms with Crippen LogP contribution >= 0.6 is 69.6 Å². The van der Waals surface area contributed by atoms with Crippen LogP contribution in [0, 0.1) is 17.6 Å². The number of nitrogens with one attached hydrogen (secondary N) is 1. The molecule has 0 heterocycles. The van der Waals surface area contributed by atoms with Crippen LogP contribution < -0.4 is 5.32 Å². The van der Waals surface area contributed by atoms with Crippen molar-refractivity contribution in [2.24, 2.45) is 5.92 Å². The fraction of sp³-hybridized carbons (Fsp3) is 0.250. The van der Waals surface area contributed by atoms with Crippen molar-refractivity contribution in [1.82, 2.24) is 0 Å². The SMILES string of the molecule is O=C(Cc1c(F)ccc(CC(=O)c2cc(NC(=O)[C@H]3[C@H](c4cc(Cl)c(Cl)c(Cl)c4)C3(Cl)Cl)ccc2Cl)c1F)CS(=O)C(F)(F)F. The third-order valence-electron chi connectivity index (χ3n) is 6.78. The predicted octanol–water partition coefficient (Wildman–Crippen LogP) is 8.91. The Hall–Kier alpha value is -1.99. The van der Waals surface area contributed by atoms with Crippen molar-refractivity contribution in [1.29, 1.82) is 0 Å². The van der Waals surface area contributed by atoms with Gasteiger partial charge in [-0.25, -0.2) is 8.78 Å². The van der Waals surface area contributed by atoms with Gasteiger partial charge < -0.3 is 5.32 Å². The minimum Gasteiger partial charge on any atom is -0.326 e. The van der Waals surface area contributed by atoms with Crippen LogP contribution in [0.5, 0.6) is 0 Å². The summed E-state index contributed by atoms with van der Waals surface area (Å²) in [6.07, 6.45) is -1.82. The Morgan fingerprint density at radius 2 is 1.51 bits per heavy atom. The van der Waals surface area contributed by atoms with Crippen molar-refractivity contribution in [3.8, 4) is 0 Å². The minimum atomic E-state index is -5.18. The van der Waals surface area contributed by atoms with Crippen LogP contribution in [-0.4, -0.2) is 37.3 Å². The minimum absolute atomic E-state index is 0.0793. The second kappa shape index (κ2) is 13.6. The molecule has 1 N–H and O–H groups in total. The van der Waals surface area contributed by atoms with Gasteiger partial charge in [0.15, 0.2) is 5.78 Å². The second-order valence-corrected chi connectivity index (χ2v) is 14.3. The van der Waals surface area contributed by atoms with E-state index in [1.807, 2.05) is 0 Å². The van der Waals surface area contributed by atoms with Crippen molar-refractivity contribution < 1.29 is 40.5 Å². The van der Waals surface area contributed by atoms with Crippen LogP contribution in [0.4, 0.5) is 27.6 Å². The first-order valence-electron chi connectivity index (χ1n) is 12.4. The van der Waals surface area contributed by atoms with E-state index in [0.29, 0.717) is 5.56 Å². The Balaban J connectivity index is 1.50. The molecule has 0 aromatic heterocycles. The first-order chi connectivity index (χ1) is 20.8. The fourth-order valence-corrected chi connectivity index (χ4v) is 6.77. The van der Waals surface area contributed by atoms with E-state index in [4.69, 9.17) is 69.6 Å². The van der Waals surface area contributed by atoms with E-state index >= 15 is 4.39 Å². The highest BCUT2D eigenvalue weighted by Crippen LogP contribution is 2.65. The number of amides is 1. The number of anilines is 1. The molecule has 4 rings (SSSR count). The number of benzene rings is 3. The molecule has 45 heavy (non-hydrogen) atoms. The average Bonchev–Trinajstić information content (AvgIpc) is 3.53. The van der Waals surface area contributed by atoms with Gasteiger partial charge in [0.2, 0.25) is 5.91 Å². The normalized spacial score (nSPS) is 17.9. The predicted molar refractivity (Wildman–Crippen MR) is 164 cm³/mol. The number of carbonyl (C=O) groups excluding carboxylic acids is 3. The molecule has 0 radical (unpaired) electrons. The second-order valence-electron chi connectivity index (χ2n) is 9.86. The first-order valence-corrected chi connectivity index (χ1v) is 16.0. The van der Waals surface area contributed by atoms with E-state index in [0.717, 1.165) is 12.1 Å². The summed E-state index contributed by atoms with van der Waals surface area (Å²) in [6.45, 7) is 0. The van der Waals surface area contributed by atoms with Gasteiger partial charge in [-0.1, -0.05) is 52.5 Å². The molecule has 0 aliphatic heterocycles. The summed E-state index contributed by atoms with van der Waals surface area (Å²) in [5, 5.41) is 2.88. The van der Waals surface area contributed by atoms with Gasteiger partial charge in [-0.15, -0.1) is 23.2 Å². The highest BCUT2D eigenvalue weighted by molar-refractivity contribution is 7.86. The maximum Gasteiger partial charge on any atom is 0.471 e. The summed E-state index contributed by atoms with van der Waals surface area (Å²) in [4.78, 5) is 38.2. The van der Waals surface area contributed by atoms with Gasteiger partial charge in [0.1, 0.15) is 32.6 Å². The molecule has 17 heteroatoms. The molecule has 0 spiro atoms. The summed E-state index contributed by atoms with van der Waals surface area (Å²) in [7, 11) is -3.54. The number of carbonyl (C=O) groups is 3. The number of halogens is 11. The molecule has 3 aromatic rings. The molecular weight excluding hydrogens is 754 g/mol. The Kier molecular flexibility index (Phi) is 10.9. The smallest absolute Gasteiger partial charge is 0.326 e. The van der Waals surface area contributed by atoms with Crippen molar-refractivity contribution in [3.05, 3.63) is 96.4 Å². The first kappa shape index (κ1) is 35.9. The average molecular weight is 770 g/mol. The number of Topliss-reactive ketones (excluding diaryl/α,β-unsaturated/α-hetero) is 2. The molecule has 5 nitrogen and oxygen atoms in total. The third kappa shape index (κ3) is 7.94. The summed E-state index contributed by atoms with van der Waals surface area (Å²) in [5.41, 5.74) is -6.06. The Morgan fingerprint density at radius 1 is 0.889 bits per heavy atom. The molecule has 0 saturated heterocycles. The van der Waals surface area contributed by atoms with E-state index in [9.17, 15) is 36.2 Å². The maximum atomic E-state index is 15.1. The van der Waals surface area contributed by atoms with E-state index in [2.05, 4.69) is 5.32 Å². The largest absolute Gasteiger partial charge is 0.471 e. The summed E-state index contributed by atoms with van der Waals surface area (Å²) in [5.74, 6) is -8.47. The van der Waals surface area contributed by atoms with Crippen molar-refractivity contribution in [3.63, 3.8) is 0 Å². The molecule has 1 aliphatic carbocycles. The zero-order chi connectivity index (χ0) is 33.6. The summed E-state index contributed by atoms with van der Waals surface area (Å²) < 4.78 is 76.6. The van der Waals surface area contributed by atoms with Gasteiger partial charge in [0.25, 0.3) is 0 Å². The quantitative estimate of drug-likeness (QED) is 0.0968. The molecule has 1 saturated carbocycles. The number of hydrogen-bond donors (Lipinski definition) is 1. The molecule has 3 aromatic carbocycles.